The van der Waals surface area contributed by atoms with Gasteiger partial charge in [0.15, 0.2) is 0 Å². The van der Waals surface area contributed by atoms with Crippen molar-refractivity contribution in [3.05, 3.63) is 39.9 Å². The van der Waals surface area contributed by atoms with Crippen molar-refractivity contribution in [3.63, 3.8) is 0 Å². The molecule has 1 N–H and O–H groups in total. The van der Waals surface area contributed by atoms with Gasteiger partial charge in [-0.3, -0.25) is 9.63 Å². The van der Waals surface area contributed by atoms with E-state index in [1.807, 2.05) is 13.8 Å². The number of carbonyl (C=O) groups is 1. The lowest BCUT2D eigenvalue weighted by molar-refractivity contribution is -0.129. The number of hydrogen-bond acceptors (Lipinski definition) is 2. The number of benzene rings is 1. The zero-order valence-electron chi connectivity index (χ0n) is 10.2. The molecular weight excluding hydrogens is 273 g/mol. The Bertz CT molecular complexity index is 445. The van der Waals surface area contributed by atoms with E-state index in [2.05, 4.69) is 5.48 Å². The molecule has 0 atom stereocenters. The number of amides is 1. The van der Waals surface area contributed by atoms with Crippen LogP contribution in [0.15, 0.2) is 24.3 Å². The first-order valence-electron chi connectivity index (χ1n) is 5.54. The SMILES string of the molecule is CC(C)CONC(=O)/C=C/c1ccc(Cl)cc1Cl. The second-order valence-electron chi connectivity index (χ2n) is 4.17. The molecule has 0 saturated heterocycles. The van der Waals surface area contributed by atoms with Crippen LogP contribution in [-0.2, 0) is 9.63 Å². The van der Waals surface area contributed by atoms with Crippen molar-refractivity contribution in [2.24, 2.45) is 5.92 Å². The van der Waals surface area contributed by atoms with E-state index in [0.29, 0.717) is 22.6 Å². The number of hydrogen-bond donors (Lipinski definition) is 1. The zero-order chi connectivity index (χ0) is 13.5. The van der Waals surface area contributed by atoms with E-state index < -0.39 is 0 Å². The third-order valence-electron chi connectivity index (χ3n) is 1.97. The largest absolute Gasteiger partial charge is 0.273 e. The fourth-order valence-corrected chi connectivity index (χ4v) is 1.59. The van der Waals surface area contributed by atoms with Gasteiger partial charge in [-0.05, 0) is 29.7 Å². The molecule has 0 aliphatic rings. The predicted octanol–water partition coefficient (Wildman–Crippen LogP) is 3.71. The van der Waals surface area contributed by atoms with E-state index in [9.17, 15) is 4.79 Å². The van der Waals surface area contributed by atoms with Gasteiger partial charge in [-0.2, -0.15) is 0 Å². The van der Waals surface area contributed by atoms with Gasteiger partial charge in [0.1, 0.15) is 0 Å². The summed E-state index contributed by atoms with van der Waals surface area (Å²) in [6.07, 6.45) is 2.96. The van der Waals surface area contributed by atoms with Crippen LogP contribution in [-0.4, -0.2) is 12.5 Å². The molecule has 0 fully saturated rings. The highest BCUT2D eigenvalue weighted by atomic mass is 35.5. The molecule has 1 aromatic carbocycles. The lowest BCUT2D eigenvalue weighted by Gasteiger charge is -2.05. The van der Waals surface area contributed by atoms with Gasteiger partial charge < -0.3 is 0 Å². The summed E-state index contributed by atoms with van der Waals surface area (Å²) >= 11 is 11.7. The van der Waals surface area contributed by atoms with Crippen LogP contribution in [0.1, 0.15) is 19.4 Å². The summed E-state index contributed by atoms with van der Waals surface area (Å²) in [5, 5.41) is 1.05. The summed E-state index contributed by atoms with van der Waals surface area (Å²) < 4.78 is 0. The molecule has 1 rings (SSSR count). The smallest absolute Gasteiger partial charge is 0.267 e. The van der Waals surface area contributed by atoms with E-state index >= 15 is 0 Å². The molecule has 0 saturated carbocycles. The van der Waals surface area contributed by atoms with Crippen molar-refractivity contribution in [2.45, 2.75) is 13.8 Å². The molecule has 1 amide bonds. The Morgan fingerprint density at radius 3 is 2.78 bits per heavy atom. The summed E-state index contributed by atoms with van der Waals surface area (Å²) in [4.78, 5) is 16.4. The third-order valence-corrected chi connectivity index (χ3v) is 2.53. The van der Waals surface area contributed by atoms with Crippen LogP contribution in [0.3, 0.4) is 0 Å². The highest BCUT2D eigenvalue weighted by Crippen LogP contribution is 2.21. The summed E-state index contributed by atoms with van der Waals surface area (Å²) in [5.41, 5.74) is 3.04. The lowest BCUT2D eigenvalue weighted by atomic mass is 10.2. The van der Waals surface area contributed by atoms with Gasteiger partial charge in [-0.1, -0.05) is 43.1 Å². The maximum atomic E-state index is 11.4. The number of carbonyl (C=O) groups excluding carboxylic acids is 1. The minimum absolute atomic E-state index is 0.332. The van der Waals surface area contributed by atoms with Crippen LogP contribution < -0.4 is 5.48 Å². The van der Waals surface area contributed by atoms with Crippen molar-refractivity contribution in [2.75, 3.05) is 6.61 Å². The van der Waals surface area contributed by atoms with Gasteiger partial charge in [0, 0.05) is 16.1 Å². The first-order chi connectivity index (χ1) is 8.49. The second-order valence-corrected chi connectivity index (χ2v) is 5.01. The Balaban J connectivity index is 2.50. The molecule has 18 heavy (non-hydrogen) atoms. The molecule has 0 spiro atoms. The van der Waals surface area contributed by atoms with E-state index in [1.165, 1.54) is 6.08 Å². The fourth-order valence-electron chi connectivity index (χ4n) is 1.12. The zero-order valence-corrected chi connectivity index (χ0v) is 11.8. The summed E-state index contributed by atoms with van der Waals surface area (Å²) in [6.45, 7) is 4.46. The van der Waals surface area contributed by atoms with E-state index in [4.69, 9.17) is 28.0 Å². The third kappa shape index (κ3) is 5.54. The average Bonchev–Trinajstić information content (AvgIpc) is 2.27. The van der Waals surface area contributed by atoms with Gasteiger partial charge in [0.05, 0.1) is 6.61 Å². The lowest BCUT2D eigenvalue weighted by Crippen LogP contribution is -2.23. The van der Waals surface area contributed by atoms with Crippen LogP contribution in [0.5, 0.6) is 0 Å². The molecule has 98 valence electrons. The molecule has 0 aliphatic carbocycles. The minimum Gasteiger partial charge on any atom is -0.273 e. The van der Waals surface area contributed by atoms with Crippen LogP contribution in [0.4, 0.5) is 0 Å². The first-order valence-corrected chi connectivity index (χ1v) is 6.29. The number of halogens is 2. The maximum Gasteiger partial charge on any atom is 0.267 e. The number of hydroxylamine groups is 1. The Hall–Kier alpha value is -1.03. The summed E-state index contributed by atoms with van der Waals surface area (Å²) in [5.74, 6) is 0.0293. The van der Waals surface area contributed by atoms with Gasteiger partial charge in [-0.25, -0.2) is 5.48 Å². The summed E-state index contributed by atoms with van der Waals surface area (Å²) in [7, 11) is 0. The Morgan fingerprint density at radius 1 is 1.44 bits per heavy atom. The molecule has 0 heterocycles. The van der Waals surface area contributed by atoms with Crippen LogP contribution in [0.25, 0.3) is 6.08 Å². The molecule has 0 bridgehead atoms. The minimum atomic E-state index is -0.332. The van der Waals surface area contributed by atoms with E-state index in [0.717, 1.165) is 5.56 Å². The van der Waals surface area contributed by atoms with Crippen molar-refractivity contribution in [1.82, 2.24) is 5.48 Å². The normalized spacial score (nSPS) is 11.2. The molecule has 0 aliphatic heterocycles. The van der Waals surface area contributed by atoms with Gasteiger partial charge in [0.25, 0.3) is 5.91 Å². The molecule has 0 radical (unpaired) electrons. The van der Waals surface area contributed by atoms with Crippen LogP contribution >= 0.6 is 23.2 Å². The summed E-state index contributed by atoms with van der Waals surface area (Å²) in [6, 6.07) is 5.07. The van der Waals surface area contributed by atoms with Gasteiger partial charge >= 0.3 is 0 Å². The van der Waals surface area contributed by atoms with E-state index in [1.54, 1.807) is 24.3 Å². The molecular formula is C13H15Cl2NO2. The Kier molecular flexibility index (Phi) is 6.19. The highest BCUT2D eigenvalue weighted by molar-refractivity contribution is 6.35. The number of nitrogens with one attached hydrogen (secondary N) is 1. The van der Waals surface area contributed by atoms with Crippen LogP contribution in [0, 0.1) is 5.92 Å². The first kappa shape index (κ1) is 15.0. The maximum absolute atomic E-state index is 11.4. The molecule has 0 aromatic heterocycles. The average molecular weight is 288 g/mol. The highest BCUT2D eigenvalue weighted by Gasteiger charge is 2.00. The number of rotatable bonds is 5. The van der Waals surface area contributed by atoms with Crippen molar-refractivity contribution < 1.29 is 9.63 Å². The van der Waals surface area contributed by atoms with Crippen molar-refractivity contribution >= 4 is 35.2 Å². The van der Waals surface area contributed by atoms with E-state index in [-0.39, 0.29) is 5.91 Å². The Morgan fingerprint density at radius 2 is 2.17 bits per heavy atom. The molecule has 0 unspecified atom stereocenters. The molecule has 3 nitrogen and oxygen atoms in total. The standard InChI is InChI=1S/C13H15Cl2NO2/c1-9(2)8-18-16-13(17)6-4-10-3-5-11(14)7-12(10)15/h3-7,9H,8H2,1-2H3,(H,16,17)/b6-4+. The fraction of sp³-hybridized carbons (Fsp3) is 0.308. The predicted molar refractivity (Wildman–Crippen MR) is 74.4 cm³/mol. The second kappa shape index (κ2) is 7.41. The molecule has 5 heteroatoms. The topological polar surface area (TPSA) is 38.3 Å². The van der Waals surface area contributed by atoms with Crippen molar-refractivity contribution in [3.8, 4) is 0 Å². The van der Waals surface area contributed by atoms with Crippen molar-refractivity contribution in [1.29, 1.82) is 0 Å². The van der Waals surface area contributed by atoms with Gasteiger partial charge in [0.2, 0.25) is 0 Å². The Labute approximate surface area is 117 Å². The van der Waals surface area contributed by atoms with Gasteiger partial charge in [-0.15, -0.1) is 0 Å². The molecule has 1 aromatic rings. The van der Waals surface area contributed by atoms with Crippen LogP contribution in [0.2, 0.25) is 10.0 Å². The monoisotopic (exact) mass is 287 g/mol. The quantitative estimate of drug-likeness (QED) is 0.662.